The predicted octanol–water partition coefficient (Wildman–Crippen LogP) is 2.10. The summed E-state index contributed by atoms with van der Waals surface area (Å²) in [5.41, 5.74) is 1.25. The van der Waals surface area contributed by atoms with Crippen molar-refractivity contribution in [3.8, 4) is 0 Å². The molecule has 1 heterocycles. The molecule has 0 aliphatic rings. The van der Waals surface area contributed by atoms with E-state index >= 15 is 0 Å². The summed E-state index contributed by atoms with van der Waals surface area (Å²) in [4.78, 5) is 8.46. The van der Waals surface area contributed by atoms with E-state index in [4.69, 9.17) is 9.47 Å². The molecule has 1 aromatic heterocycles. The number of ether oxygens (including phenoxy) is 2. The van der Waals surface area contributed by atoms with Gasteiger partial charge in [-0.25, -0.2) is 9.97 Å². The molecular formula is C13H23N3O2. The third-order valence-corrected chi connectivity index (χ3v) is 2.41. The van der Waals surface area contributed by atoms with Crippen LogP contribution in [0.4, 0.5) is 5.82 Å². The number of nitrogens with zero attached hydrogens (tertiary/aromatic N) is 2. The minimum Gasteiger partial charge on any atom is -0.365 e. The zero-order valence-corrected chi connectivity index (χ0v) is 11.9. The normalized spacial score (nSPS) is 11.9. The van der Waals surface area contributed by atoms with Crippen LogP contribution in [0.25, 0.3) is 0 Å². The topological polar surface area (TPSA) is 56.3 Å². The molecule has 0 bridgehead atoms. The van der Waals surface area contributed by atoms with E-state index in [-0.39, 0.29) is 11.7 Å². The highest BCUT2D eigenvalue weighted by molar-refractivity contribution is 5.35. The molecule has 0 fully saturated rings. The number of nitrogens with one attached hydrogen (secondary N) is 1. The second kappa shape index (κ2) is 6.66. The first-order chi connectivity index (χ1) is 8.44. The van der Waals surface area contributed by atoms with Crippen LogP contribution >= 0.6 is 0 Å². The second-order valence-corrected chi connectivity index (χ2v) is 5.41. The predicted molar refractivity (Wildman–Crippen MR) is 71.5 cm³/mol. The fraction of sp³-hybridized carbons (Fsp3) is 0.692. The average molecular weight is 253 g/mol. The van der Waals surface area contributed by atoms with Crippen molar-refractivity contribution in [2.45, 2.75) is 33.5 Å². The number of aromatic nitrogens is 2. The van der Waals surface area contributed by atoms with Crippen LogP contribution in [0.3, 0.4) is 0 Å². The van der Waals surface area contributed by atoms with Gasteiger partial charge in [0.05, 0.1) is 6.54 Å². The smallest absolute Gasteiger partial charge is 0.173 e. The maximum Gasteiger partial charge on any atom is 0.173 e. The summed E-state index contributed by atoms with van der Waals surface area (Å²) < 4.78 is 10.2. The van der Waals surface area contributed by atoms with E-state index in [0.29, 0.717) is 6.54 Å². The van der Waals surface area contributed by atoms with E-state index in [9.17, 15) is 0 Å². The first-order valence-electron chi connectivity index (χ1n) is 6.05. The number of anilines is 1. The summed E-state index contributed by atoms with van der Waals surface area (Å²) in [5, 5.41) is 3.17. The van der Waals surface area contributed by atoms with Gasteiger partial charge in [0.15, 0.2) is 6.29 Å². The van der Waals surface area contributed by atoms with Crippen LogP contribution < -0.4 is 5.32 Å². The van der Waals surface area contributed by atoms with Gasteiger partial charge in [-0.2, -0.15) is 0 Å². The van der Waals surface area contributed by atoms with Crippen molar-refractivity contribution in [2.75, 3.05) is 26.1 Å². The van der Waals surface area contributed by atoms with E-state index < -0.39 is 0 Å². The third-order valence-electron chi connectivity index (χ3n) is 2.41. The highest BCUT2D eigenvalue weighted by atomic mass is 16.7. The van der Waals surface area contributed by atoms with Crippen molar-refractivity contribution >= 4 is 5.82 Å². The summed E-state index contributed by atoms with van der Waals surface area (Å²) >= 11 is 0. The van der Waals surface area contributed by atoms with Gasteiger partial charge in [0.2, 0.25) is 0 Å². The van der Waals surface area contributed by atoms with Crippen molar-refractivity contribution in [1.82, 2.24) is 9.97 Å². The van der Waals surface area contributed by atoms with Crippen molar-refractivity contribution in [1.29, 1.82) is 0 Å². The summed E-state index contributed by atoms with van der Waals surface area (Å²) in [6.45, 7) is 7.12. The van der Waals surface area contributed by atoms with E-state index in [1.54, 1.807) is 20.5 Å². The fourth-order valence-electron chi connectivity index (χ4n) is 1.59. The lowest BCUT2D eigenvalue weighted by atomic mass is 9.90. The lowest BCUT2D eigenvalue weighted by Crippen LogP contribution is -2.24. The summed E-state index contributed by atoms with van der Waals surface area (Å²) in [6.07, 6.45) is 2.23. The zero-order chi connectivity index (χ0) is 13.6. The first-order valence-corrected chi connectivity index (χ1v) is 6.05. The SMILES string of the molecule is COC(CNc1cc(CC(C)(C)C)ncn1)OC. The summed E-state index contributed by atoms with van der Waals surface area (Å²) in [5.74, 6) is 0.795. The Kier molecular flexibility index (Phi) is 5.50. The number of hydrogen-bond donors (Lipinski definition) is 1. The molecule has 5 nitrogen and oxygen atoms in total. The van der Waals surface area contributed by atoms with Gasteiger partial charge >= 0.3 is 0 Å². The fourth-order valence-corrected chi connectivity index (χ4v) is 1.59. The quantitative estimate of drug-likeness (QED) is 0.787. The van der Waals surface area contributed by atoms with Crippen LogP contribution in [0.1, 0.15) is 26.5 Å². The lowest BCUT2D eigenvalue weighted by molar-refractivity contribution is -0.0914. The minimum absolute atomic E-state index is 0.215. The molecule has 1 N–H and O–H groups in total. The molecule has 0 amide bonds. The Balaban J connectivity index is 2.59. The molecule has 1 aromatic rings. The Morgan fingerprint density at radius 2 is 1.89 bits per heavy atom. The number of methoxy groups -OCH3 is 2. The van der Waals surface area contributed by atoms with Gasteiger partial charge in [0, 0.05) is 26.0 Å². The molecule has 102 valence electrons. The van der Waals surface area contributed by atoms with Gasteiger partial charge in [-0.1, -0.05) is 20.8 Å². The maximum atomic E-state index is 5.10. The van der Waals surface area contributed by atoms with Crippen LogP contribution in [0.15, 0.2) is 12.4 Å². The molecule has 0 spiro atoms. The van der Waals surface area contributed by atoms with Gasteiger partial charge in [-0.05, 0) is 11.8 Å². The van der Waals surface area contributed by atoms with Crippen LogP contribution in [-0.4, -0.2) is 37.0 Å². The molecular weight excluding hydrogens is 230 g/mol. The molecule has 0 aliphatic carbocycles. The molecule has 0 atom stereocenters. The standard InChI is InChI=1S/C13H23N3O2/c1-13(2,3)7-10-6-11(16-9-15-10)14-8-12(17-4)18-5/h6,9,12H,7-8H2,1-5H3,(H,14,15,16). The summed E-state index contributed by atoms with van der Waals surface area (Å²) in [7, 11) is 3.22. The monoisotopic (exact) mass is 253 g/mol. The molecule has 0 aliphatic heterocycles. The average Bonchev–Trinajstić information content (AvgIpc) is 2.28. The van der Waals surface area contributed by atoms with Crippen LogP contribution in [0, 0.1) is 5.41 Å². The maximum absolute atomic E-state index is 5.10. The lowest BCUT2D eigenvalue weighted by Gasteiger charge is -2.18. The molecule has 18 heavy (non-hydrogen) atoms. The largest absolute Gasteiger partial charge is 0.365 e. The third kappa shape index (κ3) is 5.42. The Labute approximate surface area is 109 Å². The van der Waals surface area contributed by atoms with Gasteiger partial charge in [0.25, 0.3) is 0 Å². The van der Waals surface area contributed by atoms with Crippen molar-refractivity contribution in [3.05, 3.63) is 18.1 Å². The Hall–Kier alpha value is -1.20. The van der Waals surface area contributed by atoms with Gasteiger partial charge in [-0.15, -0.1) is 0 Å². The van der Waals surface area contributed by atoms with E-state index in [1.807, 2.05) is 6.07 Å². The number of rotatable bonds is 6. The molecule has 0 unspecified atom stereocenters. The molecule has 5 heteroatoms. The minimum atomic E-state index is -0.272. The molecule has 1 rings (SSSR count). The van der Waals surface area contributed by atoms with E-state index in [0.717, 1.165) is 17.9 Å². The van der Waals surface area contributed by atoms with Crippen LogP contribution in [0.2, 0.25) is 0 Å². The zero-order valence-electron chi connectivity index (χ0n) is 11.9. The molecule has 0 radical (unpaired) electrons. The van der Waals surface area contributed by atoms with Crippen molar-refractivity contribution in [2.24, 2.45) is 5.41 Å². The van der Waals surface area contributed by atoms with Crippen LogP contribution in [-0.2, 0) is 15.9 Å². The van der Waals surface area contributed by atoms with Crippen molar-refractivity contribution < 1.29 is 9.47 Å². The van der Waals surface area contributed by atoms with Gasteiger partial charge in [-0.3, -0.25) is 0 Å². The van der Waals surface area contributed by atoms with Gasteiger partial charge in [0.1, 0.15) is 12.1 Å². The highest BCUT2D eigenvalue weighted by Crippen LogP contribution is 2.19. The molecule has 0 aromatic carbocycles. The Bertz CT molecular complexity index is 359. The Morgan fingerprint density at radius 3 is 2.44 bits per heavy atom. The highest BCUT2D eigenvalue weighted by Gasteiger charge is 2.13. The van der Waals surface area contributed by atoms with E-state index in [2.05, 4.69) is 36.1 Å². The second-order valence-electron chi connectivity index (χ2n) is 5.41. The Morgan fingerprint density at radius 1 is 1.22 bits per heavy atom. The first kappa shape index (κ1) is 14.9. The van der Waals surface area contributed by atoms with Gasteiger partial charge < -0.3 is 14.8 Å². The molecule has 0 saturated carbocycles. The van der Waals surface area contributed by atoms with Crippen LogP contribution in [0.5, 0.6) is 0 Å². The summed E-state index contributed by atoms with van der Waals surface area (Å²) in [6, 6.07) is 1.97. The number of hydrogen-bond acceptors (Lipinski definition) is 5. The van der Waals surface area contributed by atoms with E-state index in [1.165, 1.54) is 0 Å². The molecule has 0 saturated heterocycles. The van der Waals surface area contributed by atoms with Crippen molar-refractivity contribution in [3.63, 3.8) is 0 Å².